The molecule has 20 heavy (non-hydrogen) atoms. The van der Waals surface area contributed by atoms with E-state index in [0.29, 0.717) is 23.6 Å². The molecule has 2 unspecified atom stereocenters. The molecule has 0 aliphatic rings. The molecule has 0 spiro atoms. The van der Waals surface area contributed by atoms with Gasteiger partial charge in [-0.25, -0.2) is 0 Å². The molecule has 0 aliphatic heterocycles. The van der Waals surface area contributed by atoms with Gasteiger partial charge in [-0.2, -0.15) is 11.8 Å². The van der Waals surface area contributed by atoms with Gasteiger partial charge in [-0.15, -0.1) is 0 Å². The van der Waals surface area contributed by atoms with Crippen molar-refractivity contribution >= 4 is 17.7 Å². The number of benzene rings is 1. The standard InChI is InChI=1S/C16H25NO2S/c1-12(2)16(20-11-10-14(18)19-4)15(17-3)13-8-6-5-7-9-13/h5-9,12,15-17H,10-11H2,1-4H3. The van der Waals surface area contributed by atoms with E-state index in [0.717, 1.165) is 5.75 Å². The summed E-state index contributed by atoms with van der Waals surface area (Å²) in [5.41, 5.74) is 1.29. The van der Waals surface area contributed by atoms with Gasteiger partial charge in [0.1, 0.15) is 0 Å². The lowest BCUT2D eigenvalue weighted by atomic mass is 9.96. The number of thioether (sulfide) groups is 1. The Morgan fingerprint density at radius 3 is 2.45 bits per heavy atom. The molecule has 1 aromatic carbocycles. The Hall–Kier alpha value is -1.00. The first-order valence-electron chi connectivity index (χ1n) is 7.00. The number of nitrogens with one attached hydrogen (secondary N) is 1. The van der Waals surface area contributed by atoms with Crippen LogP contribution in [0.1, 0.15) is 31.9 Å². The fraction of sp³-hybridized carbons (Fsp3) is 0.562. The lowest BCUT2D eigenvalue weighted by Crippen LogP contribution is -2.31. The van der Waals surface area contributed by atoms with E-state index in [1.807, 2.05) is 24.9 Å². The summed E-state index contributed by atoms with van der Waals surface area (Å²) in [6.45, 7) is 4.45. The van der Waals surface area contributed by atoms with Crippen molar-refractivity contribution in [3.05, 3.63) is 35.9 Å². The number of rotatable bonds is 8. The van der Waals surface area contributed by atoms with Gasteiger partial charge < -0.3 is 10.1 Å². The van der Waals surface area contributed by atoms with Crippen LogP contribution in [0, 0.1) is 5.92 Å². The highest BCUT2D eigenvalue weighted by molar-refractivity contribution is 7.99. The second kappa shape index (κ2) is 9.03. The van der Waals surface area contributed by atoms with Crippen LogP contribution in [0.3, 0.4) is 0 Å². The van der Waals surface area contributed by atoms with E-state index in [2.05, 4.69) is 43.4 Å². The smallest absolute Gasteiger partial charge is 0.306 e. The summed E-state index contributed by atoms with van der Waals surface area (Å²) in [6, 6.07) is 10.8. The zero-order valence-corrected chi connectivity index (χ0v) is 13.6. The minimum absolute atomic E-state index is 0.138. The van der Waals surface area contributed by atoms with Crippen molar-refractivity contribution in [2.45, 2.75) is 31.6 Å². The van der Waals surface area contributed by atoms with Crippen molar-refractivity contribution in [3.8, 4) is 0 Å². The second-order valence-electron chi connectivity index (χ2n) is 5.08. The third-order valence-electron chi connectivity index (χ3n) is 3.30. The summed E-state index contributed by atoms with van der Waals surface area (Å²) in [6.07, 6.45) is 0.468. The second-order valence-corrected chi connectivity index (χ2v) is 6.37. The van der Waals surface area contributed by atoms with E-state index in [9.17, 15) is 4.79 Å². The molecule has 0 amide bonds. The molecule has 1 rings (SSSR count). The third-order valence-corrected chi connectivity index (χ3v) is 4.94. The van der Waals surface area contributed by atoms with E-state index in [4.69, 9.17) is 4.74 Å². The fourth-order valence-corrected chi connectivity index (χ4v) is 3.66. The van der Waals surface area contributed by atoms with Crippen molar-refractivity contribution in [3.63, 3.8) is 0 Å². The summed E-state index contributed by atoms with van der Waals surface area (Å²) in [7, 11) is 3.43. The lowest BCUT2D eigenvalue weighted by Gasteiger charge is -2.30. The fourth-order valence-electron chi connectivity index (χ4n) is 2.23. The van der Waals surface area contributed by atoms with Crippen LogP contribution in [0.25, 0.3) is 0 Å². The first-order chi connectivity index (χ1) is 9.60. The molecule has 0 aromatic heterocycles. The molecule has 0 radical (unpaired) electrons. The first-order valence-corrected chi connectivity index (χ1v) is 8.05. The Kier molecular flexibility index (Phi) is 7.70. The largest absolute Gasteiger partial charge is 0.469 e. The van der Waals surface area contributed by atoms with Crippen molar-refractivity contribution in [1.82, 2.24) is 5.32 Å². The van der Waals surface area contributed by atoms with Crippen molar-refractivity contribution in [1.29, 1.82) is 0 Å². The van der Waals surface area contributed by atoms with E-state index >= 15 is 0 Å². The predicted molar refractivity (Wildman–Crippen MR) is 86.0 cm³/mol. The Morgan fingerprint density at radius 1 is 1.30 bits per heavy atom. The highest BCUT2D eigenvalue weighted by atomic mass is 32.2. The molecule has 0 fully saturated rings. The van der Waals surface area contributed by atoms with Crippen LogP contribution in [-0.2, 0) is 9.53 Å². The molecule has 4 heteroatoms. The van der Waals surface area contributed by atoms with Crippen LogP contribution in [0.15, 0.2) is 30.3 Å². The highest BCUT2D eigenvalue weighted by Gasteiger charge is 2.25. The Labute approximate surface area is 126 Å². The molecule has 0 bridgehead atoms. The molecule has 0 aliphatic carbocycles. The first kappa shape index (κ1) is 17.1. The molecule has 3 nitrogen and oxygen atoms in total. The summed E-state index contributed by atoms with van der Waals surface area (Å²) in [5.74, 6) is 1.18. The molecule has 1 N–H and O–H groups in total. The molecular weight excluding hydrogens is 270 g/mol. The van der Waals surface area contributed by atoms with Crippen LogP contribution in [0.4, 0.5) is 0 Å². The number of carbonyl (C=O) groups is 1. The average molecular weight is 295 g/mol. The summed E-state index contributed by atoms with van der Waals surface area (Å²) >= 11 is 1.84. The zero-order valence-electron chi connectivity index (χ0n) is 12.8. The topological polar surface area (TPSA) is 38.3 Å². The van der Waals surface area contributed by atoms with Gasteiger partial charge in [0.2, 0.25) is 0 Å². The van der Waals surface area contributed by atoms with Gasteiger partial charge in [-0.1, -0.05) is 44.2 Å². The van der Waals surface area contributed by atoms with Gasteiger partial charge in [0, 0.05) is 17.0 Å². The van der Waals surface area contributed by atoms with Crippen LogP contribution in [-0.4, -0.2) is 31.1 Å². The normalized spacial score (nSPS) is 14.1. The molecule has 1 aromatic rings. The number of hydrogen-bond donors (Lipinski definition) is 1. The Balaban J connectivity index is 2.70. The number of methoxy groups -OCH3 is 1. The van der Waals surface area contributed by atoms with Crippen LogP contribution >= 0.6 is 11.8 Å². The highest BCUT2D eigenvalue weighted by Crippen LogP contribution is 2.32. The number of esters is 1. The molecule has 0 saturated carbocycles. The number of hydrogen-bond acceptors (Lipinski definition) is 4. The maximum atomic E-state index is 11.2. The molecule has 112 valence electrons. The Bertz CT molecular complexity index is 395. The SMILES string of the molecule is CNC(c1ccccc1)C(SCCC(=O)OC)C(C)C. The Morgan fingerprint density at radius 2 is 1.95 bits per heavy atom. The summed E-state index contributed by atoms with van der Waals surface area (Å²) in [5, 5.41) is 3.84. The monoisotopic (exact) mass is 295 g/mol. The van der Waals surface area contributed by atoms with Gasteiger partial charge in [0.15, 0.2) is 0 Å². The summed E-state index contributed by atoms with van der Waals surface area (Å²) < 4.78 is 4.70. The lowest BCUT2D eigenvalue weighted by molar-refractivity contribution is -0.140. The van der Waals surface area contributed by atoms with E-state index in [-0.39, 0.29) is 5.97 Å². The van der Waals surface area contributed by atoms with Gasteiger partial charge in [-0.3, -0.25) is 4.79 Å². The maximum absolute atomic E-state index is 11.2. The van der Waals surface area contributed by atoms with Crippen molar-refractivity contribution < 1.29 is 9.53 Å². The van der Waals surface area contributed by atoms with Gasteiger partial charge in [0.25, 0.3) is 0 Å². The van der Waals surface area contributed by atoms with Crippen LogP contribution in [0.5, 0.6) is 0 Å². The van der Waals surface area contributed by atoms with Crippen molar-refractivity contribution in [2.24, 2.45) is 5.92 Å². The zero-order chi connectivity index (χ0) is 15.0. The quantitative estimate of drug-likeness (QED) is 0.747. The predicted octanol–water partition coefficient (Wildman–Crippen LogP) is 3.27. The van der Waals surface area contributed by atoms with Gasteiger partial charge in [-0.05, 0) is 18.5 Å². The average Bonchev–Trinajstić information content (AvgIpc) is 2.47. The van der Waals surface area contributed by atoms with Crippen LogP contribution in [0.2, 0.25) is 0 Å². The van der Waals surface area contributed by atoms with Gasteiger partial charge >= 0.3 is 5.97 Å². The van der Waals surface area contributed by atoms with E-state index in [1.165, 1.54) is 12.7 Å². The van der Waals surface area contributed by atoms with E-state index < -0.39 is 0 Å². The van der Waals surface area contributed by atoms with Crippen molar-refractivity contribution in [2.75, 3.05) is 19.9 Å². The molecule has 0 saturated heterocycles. The summed E-state index contributed by atoms with van der Waals surface area (Å²) in [4.78, 5) is 11.2. The van der Waals surface area contributed by atoms with Gasteiger partial charge in [0.05, 0.1) is 13.5 Å². The minimum Gasteiger partial charge on any atom is -0.469 e. The number of carbonyl (C=O) groups excluding carboxylic acids is 1. The minimum atomic E-state index is -0.138. The van der Waals surface area contributed by atoms with Crippen LogP contribution < -0.4 is 5.32 Å². The molecule has 0 heterocycles. The molecular formula is C16H25NO2S. The number of ether oxygens (including phenoxy) is 1. The third kappa shape index (κ3) is 5.17. The van der Waals surface area contributed by atoms with E-state index in [1.54, 1.807) is 0 Å². The molecule has 2 atom stereocenters. The maximum Gasteiger partial charge on any atom is 0.306 e.